The molecule has 1 amide bonds. The molecule has 0 atom stereocenters. The van der Waals surface area contributed by atoms with Crippen LogP contribution in [0.3, 0.4) is 0 Å². The lowest BCUT2D eigenvalue weighted by Crippen LogP contribution is -2.21. The number of hydrogen-bond donors (Lipinski definition) is 1. The molecule has 0 aliphatic carbocycles. The van der Waals surface area contributed by atoms with E-state index in [1.807, 2.05) is 38.3 Å². The number of nitrogens with one attached hydrogen (secondary N) is 1. The summed E-state index contributed by atoms with van der Waals surface area (Å²) in [5, 5.41) is 5.12. The number of benzene rings is 1. The molecule has 1 N–H and O–H groups in total. The zero-order valence-corrected chi connectivity index (χ0v) is 17.5. The molecule has 1 aromatic carbocycles. The molecule has 3 rings (SSSR count). The van der Waals surface area contributed by atoms with Crippen molar-refractivity contribution in [3.63, 3.8) is 0 Å². The highest BCUT2D eigenvalue weighted by Crippen LogP contribution is 2.23. The third-order valence-electron chi connectivity index (χ3n) is 4.42. The van der Waals surface area contributed by atoms with Crippen LogP contribution >= 0.6 is 22.9 Å². The number of anilines is 1. The summed E-state index contributed by atoms with van der Waals surface area (Å²) in [6.45, 7) is 6.06. The zero-order valence-electron chi connectivity index (χ0n) is 15.9. The van der Waals surface area contributed by atoms with Gasteiger partial charge >= 0.3 is 5.97 Å². The van der Waals surface area contributed by atoms with Gasteiger partial charge in [0.1, 0.15) is 0 Å². The first-order chi connectivity index (χ1) is 13.3. The summed E-state index contributed by atoms with van der Waals surface area (Å²) in [6.07, 6.45) is 0. The largest absolute Gasteiger partial charge is 0.452 e. The van der Waals surface area contributed by atoms with E-state index in [2.05, 4.69) is 16.0 Å². The second kappa shape index (κ2) is 8.63. The van der Waals surface area contributed by atoms with Crippen molar-refractivity contribution < 1.29 is 14.3 Å². The first kappa shape index (κ1) is 20.2. The van der Waals surface area contributed by atoms with Crippen molar-refractivity contribution in [1.82, 2.24) is 4.57 Å². The van der Waals surface area contributed by atoms with Gasteiger partial charge in [0.25, 0.3) is 5.91 Å². The highest BCUT2D eigenvalue weighted by Gasteiger charge is 2.18. The average molecular weight is 417 g/mol. The molecule has 7 heteroatoms. The molecule has 0 saturated carbocycles. The van der Waals surface area contributed by atoms with Crippen LogP contribution in [0.5, 0.6) is 0 Å². The second-order valence-electron chi connectivity index (χ2n) is 6.56. The second-order valence-corrected chi connectivity index (χ2v) is 8.00. The van der Waals surface area contributed by atoms with Gasteiger partial charge in [-0.1, -0.05) is 23.7 Å². The standard InChI is InChI=1S/C21H21ClN2O3S/c1-13-6-7-19(18(22)9-13)23-20(25)12-27-21(26)17-10-14(2)24(15(17)3)11-16-5-4-8-28-16/h4-10H,11-12H2,1-3H3,(H,23,25). The number of aryl methyl sites for hydroxylation is 2. The van der Waals surface area contributed by atoms with Crippen LogP contribution in [0.1, 0.15) is 32.2 Å². The van der Waals surface area contributed by atoms with Gasteiger partial charge in [0.2, 0.25) is 0 Å². The lowest BCUT2D eigenvalue weighted by Gasteiger charge is -2.10. The van der Waals surface area contributed by atoms with Gasteiger partial charge in [0.15, 0.2) is 6.61 Å². The molecular weight excluding hydrogens is 396 g/mol. The summed E-state index contributed by atoms with van der Waals surface area (Å²) in [4.78, 5) is 25.8. The van der Waals surface area contributed by atoms with Crippen LogP contribution in [0.2, 0.25) is 5.02 Å². The molecule has 0 aliphatic rings. The van der Waals surface area contributed by atoms with Crippen LogP contribution in [-0.4, -0.2) is 23.1 Å². The first-order valence-electron chi connectivity index (χ1n) is 8.77. The summed E-state index contributed by atoms with van der Waals surface area (Å²) < 4.78 is 7.27. The molecule has 3 aromatic rings. The van der Waals surface area contributed by atoms with E-state index in [1.54, 1.807) is 29.5 Å². The predicted molar refractivity (Wildman–Crippen MR) is 112 cm³/mol. The number of aromatic nitrogens is 1. The van der Waals surface area contributed by atoms with Gasteiger partial charge in [-0.15, -0.1) is 11.3 Å². The van der Waals surface area contributed by atoms with Crippen LogP contribution in [0, 0.1) is 20.8 Å². The van der Waals surface area contributed by atoms with Crippen LogP contribution in [0.15, 0.2) is 41.8 Å². The maximum Gasteiger partial charge on any atom is 0.340 e. The number of esters is 1. The fourth-order valence-electron chi connectivity index (χ4n) is 2.93. The molecule has 0 unspecified atom stereocenters. The normalized spacial score (nSPS) is 10.7. The van der Waals surface area contributed by atoms with E-state index in [0.29, 0.717) is 22.8 Å². The van der Waals surface area contributed by atoms with Gasteiger partial charge in [-0.05, 0) is 56.0 Å². The number of halogens is 1. The van der Waals surface area contributed by atoms with Crippen molar-refractivity contribution in [2.24, 2.45) is 0 Å². The molecule has 5 nitrogen and oxygen atoms in total. The lowest BCUT2D eigenvalue weighted by atomic mass is 10.2. The van der Waals surface area contributed by atoms with Gasteiger partial charge in [-0.25, -0.2) is 4.79 Å². The van der Waals surface area contributed by atoms with E-state index in [-0.39, 0.29) is 6.61 Å². The Bertz CT molecular complexity index is 1010. The SMILES string of the molecule is Cc1ccc(NC(=O)COC(=O)c2cc(C)n(Cc3cccs3)c2C)c(Cl)c1. The fourth-order valence-corrected chi connectivity index (χ4v) is 3.90. The maximum absolute atomic E-state index is 12.5. The Kier molecular flexibility index (Phi) is 6.21. The van der Waals surface area contributed by atoms with E-state index in [4.69, 9.17) is 16.3 Å². The van der Waals surface area contributed by atoms with Crippen LogP contribution < -0.4 is 5.32 Å². The summed E-state index contributed by atoms with van der Waals surface area (Å²) in [5.41, 5.74) is 3.73. The van der Waals surface area contributed by atoms with Crippen molar-refractivity contribution in [3.8, 4) is 0 Å². The van der Waals surface area contributed by atoms with Crippen molar-refractivity contribution in [3.05, 3.63) is 74.2 Å². The number of hydrogen-bond acceptors (Lipinski definition) is 4. The number of ether oxygens (including phenoxy) is 1. The Morgan fingerprint density at radius 3 is 2.64 bits per heavy atom. The molecule has 146 valence electrons. The molecule has 28 heavy (non-hydrogen) atoms. The van der Waals surface area contributed by atoms with Crippen LogP contribution in [-0.2, 0) is 16.1 Å². The molecule has 0 saturated heterocycles. The van der Waals surface area contributed by atoms with Gasteiger partial charge in [-0.3, -0.25) is 4.79 Å². The van der Waals surface area contributed by atoms with E-state index < -0.39 is 11.9 Å². The van der Waals surface area contributed by atoms with Crippen molar-refractivity contribution in [2.45, 2.75) is 27.3 Å². The van der Waals surface area contributed by atoms with Gasteiger partial charge in [0.05, 0.1) is 22.8 Å². The maximum atomic E-state index is 12.5. The predicted octanol–water partition coefficient (Wildman–Crippen LogP) is 4.97. The molecule has 0 radical (unpaired) electrons. The highest BCUT2D eigenvalue weighted by molar-refractivity contribution is 7.09. The Morgan fingerprint density at radius 1 is 1.18 bits per heavy atom. The number of nitrogens with zero attached hydrogens (tertiary/aromatic N) is 1. The minimum absolute atomic E-state index is 0.377. The van der Waals surface area contributed by atoms with Crippen molar-refractivity contribution >= 4 is 40.5 Å². The molecule has 0 aliphatic heterocycles. The minimum atomic E-state index is -0.518. The summed E-state index contributed by atoms with van der Waals surface area (Å²) in [6, 6.07) is 11.2. The topological polar surface area (TPSA) is 60.3 Å². The molecule has 0 fully saturated rings. The molecule has 2 aromatic heterocycles. The van der Waals surface area contributed by atoms with Crippen LogP contribution in [0.25, 0.3) is 0 Å². The number of rotatable bonds is 6. The smallest absolute Gasteiger partial charge is 0.340 e. The third kappa shape index (κ3) is 4.64. The van der Waals surface area contributed by atoms with Crippen LogP contribution in [0.4, 0.5) is 5.69 Å². The van der Waals surface area contributed by atoms with Gasteiger partial charge in [0, 0.05) is 16.3 Å². The number of amides is 1. The number of thiophene rings is 1. The van der Waals surface area contributed by atoms with E-state index >= 15 is 0 Å². The van der Waals surface area contributed by atoms with Gasteiger partial charge in [-0.2, -0.15) is 0 Å². The first-order valence-corrected chi connectivity index (χ1v) is 10.0. The Hall–Kier alpha value is -2.57. The average Bonchev–Trinajstić information content (AvgIpc) is 3.26. The fraction of sp³-hybridized carbons (Fsp3) is 0.238. The molecule has 0 bridgehead atoms. The van der Waals surface area contributed by atoms with E-state index in [0.717, 1.165) is 17.0 Å². The zero-order chi connectivity index (χ0) is 20.3. The molecule has 0 spiro atoms. The van der Waals surface area contributed by atoms with Gasteiger partial charge < -0.3 is 14.6 Å². The van der Waals surface area contributed by atoms with Crippen molar-refractivity contribution in [2.75, 3.05) is 11.9 Å². The summed E-state index contributed by atoms with van der Waals surface area (Å²) >= 11 is 7.78. The highest BCUT2D eigenvalue weighted by atomic mass is 35.5. The van der Waals surface area contributed by atoms with Crippen molar-refractivity contribution in [1.29, 1.82) is 0 Å². The number of carbonyl (C=O) groups excluding carboxylic acids is 2. The molecular formula is C21H21ClN2O3S. The summed E-state index contributed by atoms with van der Waals surface area (Å²) in [7, 11) is 0. The Morgan fingerprint density at radius 2 is 1.96 bits per heavy atom. The Balaban J connectivity index is 1.62. The third-order valence-corrected chi connectivity index (χ3v) is 5.59. The van der Waals surface area contributed by atoms with E-state index in [9.17, 15) is 9.59 Å². The quantitative estimate of drug-likeness (QED) is 0.577. The van der Waals surface area contributed by atoms with E-state index in [1.165, 1.54) is 4.88 Å². The minimum Gasteiger partial charge on any atom is -0.452 e. The lowest BCUT2D eigenvalue weighted by molar-refractivity contribution is -0.119. The molecule has 2 heterocycles. The monoisotopic (exact) mass is 416 g/mol. The summed E-state index contributed by atoms with van der Waals surface area (Å²) in [5.74, 6) is -0.956. The Labute approximate surface area is 172 Å². The number of carbonyl (C=O) groups is 2.